The molecule has 1 heterocycles. The molecule has 1 aromatic rings. The summed E-state index contributed by atoms with van der Waals surface area (Å²) < 4.78 is 9.96. The van der Waals surface area contributed by atoms with Crippen molar-refractivity contribution < 1.29 is 24.2 Å². The van der Waals surface area contributed by atoms with Gasteiger partial charge >= 0.3 is 11.9 Å². The summed E-state index contributed by atoms with van der Waals surface area (Å²) in [7, 11) is 0. The summed E-state index contributed by atoms with van der Waals surface area (Å²) >= 11 is 0. The molecule has 1 aliphatic rings. The van der Waals surface area contributed by atoms with E-state index in [-0.39, 0.29) is 12.2 Å². The zero-order valence-electron chi connectivity index (χ0n) is 11.9. The van der Waals surface area contributed by atoms with Crippen molar-refractivity contribution in [2.75, 3.05) is 11.9 Å². The highest BCUT2D eigenvalue weighted by molar-refractivity contribution is 6.15. The number of nitrogens with one attached hydrogen (secondary N) is 1. The number of cyclic esters (lactones) is 2. The molecule has 0 aliphatic carbocycles. The third-order valence-corrected chi connectivity index (χ3v) is 2.85. The van der Waals surface area contributed by atoms with Gasteiger partial charge in [-0.15, -0.1) is 0 Å². The van der Waals surface area contributed by atoms with Gasteiger partial charge in [-0.05, 0) is 24.1 Å². The fourth-order valence-electron chi connectivity index (χ4n) is 1.83. The van der Waals surface area contributed by atoms with Gasteiger partial charge in [0.2, 0.25) is 0 Å². The lowest BCUT2D eigenvalue weighted by atomic mass is 10.1. The maximum atomic E-state index is 11.7. The van der Waals surface area contributed by atoms with E-state index < -0.39 is 17.7 Å². The first-order chi connectivity index (χ1) is 9.91. The number of esters is 2. The summed E-state index contributed by atoms with van der Waals surface area (Å²) in [6, 6.07) is 7.26. The topological polar surface area (TPSA) is 84.9 Å². The van der Waals surface area contributed by atoms with Gasteiger partial charge in [-0.25, -0.2) is 9.59 Å². The second kappa shape index (κ2) is 5.97. The van der Waals surface area contributed by atoms with Crippen LogP contribution in [0.3, 0.4) is 0 Å². The van der Waals surface area contributed by atoms with Crippen molar-refractivity contribution in [3.05, 3.63) is 41.6 Å². The van der Waals surface area contributed by atoms with Crippen LogP contribution in [-0.2, 0) is 25.5 Å². The van der Waals surface area contributed by atoms with Crippen molar-refractivity contribution in [3.8, 4) is 0 Å². The van der Waals surface area contributed by atoms with Crippen LogP contribution in [0.4, 0.5) is 5.69 Å². The Bertz CT molecular complexity index is 552. The van der Waals surface area contributed by atoms with E-state index in [9.17, 15) is 9.59 Å². The molecule has 0 atom stereocenters. The Morgan fingerprint density at radius 1 is 1.14 bits per heavy atom. The Morgan fingerprint density at radius 3 is 2.24 bits per heavy atom. The van der Waals surface area contributed by atoms with Crippen LogP contribution in [0.25, 0.3) is 0 Å². The Labute approximate surface area is 122 Å². The molecule has 0 aromatic heterocycles. The number of rotatable bonds is 4. The fourth-order valence-corrected chi connectivity index (χ4v) is 1.83. The number of anilines is 1. The number of aliphatic hydroxyl groups is 1. The molecule has 0 bridgehead atoms. The van der Waals surface area contributed by atoms with Crippen LogP contribution in [0.2, 0.25) is 0 Å². The predicted molar refractivity (Wildman–Crippen MR) is 75.2 cm³/mol. The lowest BCUT2D eigenvalue weighted by Gasteiger charge is -2.29. The van der Waals surface area contributed by atoms with E-state index in [0.29, 0.717) is 12.1 Å². The summed E-state index contributed by atoms with van der Waals surface area (Å²) in [5.74, 6) is -2.68. The highest BCUT2D eigenvalue weighted by Gasteiger charge is 2.38. The van der Waals surface area contributed by atoms with Crippen molar-refractivity contribution in [3.63, 3.8) is 0 Å². The number of hydrogen-bond acceptors (Lipinski definition) is 6. The van der Waals surface area contributed by atoms with Crippen molar-refractivity contribution in [2.24, 2.45) is 0 Å². The Morgan fingerprint density at radius 2 is 1.71 bits per heavy atom. The van der Waals surface area contributed by atoms with Gasteiger partial charge < -0.3 is 19.9 Å². The largest absolute Gasteiger partial charge is 0.419 e. The summed E-state index contributed by atoms with van der Waals surface area (Å²) in [6.07, 6.45) is 1.84. The molecule has 0 radical (unpaired) electrons. The van der Waals surface area contributed by atoms with Gasteiger partial charge in [0.1, 0.15) is 0 Å². The SMILES string of the molecule is CC1(C)OC(=O)C(=CNc2ccc(CCO)cc2)C(=O)O1. The minimum atomic E-state index is -1.24. The van der Waals surface area contributed by atoms with Crippen molar-refractivity contribution in [1.29, 1.82) is 0 Å². The number of ether oxygens (including phenoxy) is 2. The van der Waals surface area contributed by atoms with Crippen LogP contribution in [-0.4, -0.2) is 29.4 Å². The van der Waals surface area contributed by atoms with Gasteiger partial charge in [0, 0.05) is 32.3 Å². The first kappa shape index (κ1) is 15.1. The smallest absolute Gasteiger partial charge is 0.350 e. The summed E-state index contributed by atoms with van der Waals surface area (Å²) in [6.45, 7) is 3.07. The first-order valence-electron chi connectivity index (χ1n) is 6.54. The predicted octanol–water partition coefficient (Wildman–Crippen LogP) is 1.35. The highest BCUT2D eigenvalue weighted by Crippen LogP contribution is 2.22. The minimum Gasteiger partial charge on any atom is -0.419 e. The second-order valence-corrected chi connectivity index (χ2v) is 5.05. The number of aliphatic hydroxyl groups excluding tert-OH is 1. The van der Waals surface area contributed by atoms with Gasteiger partial charge in [0.05, 0.1) is 0 Å². The van der Waals surface area contributed by atoms with Crippen LogP contribution in [0, 0.1) is 0 Å². The van der Waals surface area contributed by atoms with E-state index in [0.717, 1.165) is 5.56 Å². The first-order valence-corrected chi connectivity index (χ1v) is 6.54. The Hall–Kier alpha value is -2.34. The molecular weight excluding hydrogens is 274 g/mol. The molecule has 21 heavy (non-hydrogen) atoms. The van der Waals surface area contributed by atoms with E-state index >= 15 is 0 Å². The lowest BCUT2D eigenvalue weighted by Crippen LogP contribution is -2.42. The van der Waals surface area contributed by atoms with Gasteiger partial charge in [-0.2, -0.15) is 0 Å². The molecule has 0 spiro atoms. The van der Waals surface area contributed by atoms with Crippen molar-refractivity contribution in [1.82, 2.24) is 0 Å². The quantitative estimate of drug-likeness (QED) is 0.495. The number of carbonyl (C=O) groups excluding carboxylic acids is 2. The van der Waals surface area contributed by atoms with Crippen LogP contribution >= 0.6 is 0 Å². The minimum absolute atomic E-state index is 0.0876. The van der Waals surface area contributed by atoms with E-state index in [4.69, 9.17) is 14.6 Å². The van der Waals surface area contributed by atoms with E-state index in [2.05, 4.69) is 5.32 Å². The highest BCUT2D eigenvalue weighted by atomic mass is 16.7. The fraction of sp³-hybridized carbons (Fsp3) is 0.333. The van der Waals surface area contributed by atoms with Crippen LogP contribution in [0.15, 0.2) is 36.0 Å². The van der Waals surface area contributed by atoms with Crippen LogP contribution in [0.1, 0.15) is 19.4 Å². The monoisotopic (exact) mass is 291 g/mol. The molecular formula is C15H17NO5. The maximum Gasteiger partial charge on any atom is 0.350 e. The third kappa shape index (κ3) is 3.82. The van der Waals surface area contributed by atoms with E-state index in [1.54, 1.807) is 12.1 Å². The van der Waals surface area contributed by atoms with E-state index in [1.807, 2.05) is 12.1 Å². The number of benzene rings is 1. The average molecular weight is 291 g/mol. The zero-order chi connectivity index (χ0) is 15.5. The zero-order valence-corrected chi connectivity index (χ0v) is 11.9. The molecule has 112 valence electrons. The molecule has 6 heteroatoms. The molecule has 1 fully saturated rings. The third-order valence-electron chi connectivity index (χ3n) is 2.85. The Kier molecular flexibility index (Phi) is 4.28. The molecule has 2 rings (SSSR count). The maximum absolute atomic E-state index is 11.7. The lowest BCUT2D eigenvalue weighted by molar-refractivity contribution is -0.222. The van der Waals surface area contributed by atoms with Gasteiger partial charge in [-0.1, -0.05) is 12.1 Å². The second-order valence-electron chi connectivity index (χ2n) is 5.05. The Balaban J connectivity index is 2.06. The van der Waals surface area contributed by atoms with Crippen molar-refractivity contribution in [2.45, 2.75) is 26.1 Å². The molecule has 6 nitrogen and oxygen atoms in total. The molecule has 0 amide bonds. The summed E-state index contributed by atoms with van der Waals surface area (Å²) in [5.41, 5.74) is 1.51. The van der Waals surface area contributed by atoms with Gasteiger partial charge in [0.25, 0.3) is 5.79 Å². The molecule has 2 N–H and O–H groups in total. The number of hydrogen-bond donors (Lipinski definition) is 2. The molecule has 1 aliphatic heterocycles. The van der Waals surface area contributed by atoms with Gasteiger partial charge in [-0.3, -0.25) is 0 Å². The van der Waals surface area contributed by atoms with Gasteiger partial charge in [0.15, 0.2) is 5.57 Å². The van der Waals surface area contributed by atoms with Crippen molar-refractivity contribution >= 4 is 17.6 Å². The van der Waals surface area contributed by atoms with Crippen LogP contribution < -0.4 is 5.32 Å². The molecule has 1 aromatic carbocycles. The number of carbonyl (C=O) groups is 2. The van der Waals surface area contributed by atoms with E-state index in [1.165, 1.54) is 20.0 Å². The summed E-state index contributed by atoms with van der Waals surface area (Å²) in [4.78, 5) is 23.4. The molecule has 0 unspecified atom stereocenters. The molecule has 1 saturated heterocycles. The summed E-state index contributed by atoms with van der Waals surface area (Å²) in [5, 5.41) is 11.7. The standard InChI is InChI=1S/C15H17NO5/c1-15(2)20-13(18)12(14(19)21-15)9-16-11-5-3-10(4-6-11)7-8-17/h3-6,9,16-17H,7-8H2,1-2H3. The molecule has 0 saturated carbocycles. The van der Waals surface area contributed by atoms with Crippen LogP contribution in [0.5, 0.6) is 0 Å². The average Bonchev–Trinajstić information content (AvgIpc) is 2.38. The normalized spacial score (nSPS) is 17.0.